The zero-order valence-electron chi connectivity index (χ0n) is 78.8. The van der Waals surface area contributed by atoms with Crippen molar-refractivity contribution in [3.63, 3.8) is 0 Å². The Bertz CT molecular complexity index is 10900. The number of nitrogens with zero attached hydrogens (tertiary/aromatic N) is 9. The van der Waals surface area contributed by atoms with E-state index in [1.165, 1.54) is 247 Å². The van der Waals surface area contributed by atoms with Crippen molar-refractivity contribution in [2.75, 3.05) is 0 Å². The molecule has 0 aliphatic carbocycles. The van der Waals surface area contributed by atoms with Gasteiger partial charge in [-0.3, -0.25) is 0 Å². The van der Waals surface area contributed by atoms with E-state index >= 15 is 0 Å². The molecule has 9 heteroatoms. The first-order chi connectivity index (χ1) is 72.0. The van der Waals surface area contributed by atoms with Crippen LogP contribution < -0.4 is 0 Å². The van der Waals surface area contributed by atoms with Crippen LogP contribution in [-0.4, -0.2) is 41.1 Å². The van der Waals surface area contributed by atoms with Crippen molar-refractivity contribution in [1.29, 1.82) is 0 Å². The van der Waals surface area contributed by atoms with Crippen molar-refractivity contribution in [3.05, 3.63) is 528 Å². The molecular formula is C136H87N9. The molecule has 0 spiro atoms. The van der Waals surface area contributed by atoms with E-state index in [2.05, 4.69) is 569 Å². The van der Waals surface area contributed by atoms with Crippen molar-refractivity contribution in [2.24, 2.45) is 0 Å². The monoisotopic (exact) mass is 1850 g/mol. The summed E-state index contributed by atoms with van der Waals surface area (Å²) in [4.78, 5) is 0. The van der Waals surface area contributed by atoms with Crippen LogP contribution in [0.25, 0.3) is 269 Å². The first kappa shape index (κ1) is 81.5. The third kappa shape index (κ3) is 12.6. The van der Waals surface area contributed by atoms with Gasteiger partial charge in [-0.15, -0.1) is 0 Å². The van der Waals surface area contributed by atoms with Gasteiger partial charge in [0.2, 0.25) is 0 Å². The Hall–Kier alpha value is -19.5. The number of rotatable bonds is 10. The molecule has 0 atom stereocenters. The van der Waals surface area contributed by atoms with Crippen LogP contribution in [0.5, 0.6) is 0 Å². The van der Waals surface area contributed by atoms with Gasteiger partial charge < -0.3 is 41.1 Å². The fourth-order valence-electron chi connectivity index (χ4n) is 24.2. The Balaban J connectivity index is 0.000000101. The van der Waals surface area contributed by atoms with Gasteiger partial charge >= 0.3 is 0 Å². The average molecular weight is 1850 g/mol. The highest BCUT2D eigenvalue weighted by atomic mass is 15.1. The minimum atomic E-state index is 1.15. The van der Waals surface area contributed by atoms with Gasteiger partial charge in [-0.2, -0.15) is 0 Å². The molecule has 0 N–H and O–H groups in total. The molecule has 0 amide bonds. The van der Waals surface area contributed by atoms with E-state index in [9.17, 15) is 0 Å². The van der Waals surface area contributed by atoms with Crippen LogP contribution in [-0.2, 0) is 0 Å². The van der Waals surface area contributed by atoms with Crippen molar-refractivity contribution >= 4 is 207 Å². The predicted octanol–water partition coefficient (Wildman–Crippen LogP) is 35.8. The second-order valence-electron chi connectivity index (χ2n) is 38.2. The van der Waals surface area contributed by atoms with Crippen LogP contribution >= 0.6 is 0 Å². The maximum Gasteiger partial charge on any atom is 0.0548 e. The summed E-state index contributed by atoms with van der Waals surface area (Å²) in [5, 5.41) is 25.0. The molecule has 9 nitrogen and oxygen atoms in total. The molecular weight excluding hydrogens is 1760 g/mol. The lowest BCUT2D eigenvalue weighted by Gasteiger charge is -2.11. The van der Waals surface area contributed by atoms with E-state index in [1.54, 1.807) is 0 Å². The van der Waals surface area contributed by atoms with Gasteiger partial charge in [-0.1, -0.05) is 309 Å². The molecule has 145 heavy (non-hydrogen) atoms. The van der Waals surface area contributed by atoms with Crippen LogP contribution in [0.1, 0.15) is 0 Å². The number of hydrogen-bond acceptors (Lipinski definition) is 0. The van der Waals surface area contributed by atoms with Crippen LogP contribution in [0.3, 0.4) is 0 Å². The molecule has 676 valence electrons. The lowest BCUT2D eigenvalue weighted by molar-refractivity contribution is 1.16. The van der Waals surface area contributed by atoms with E-state index in [0.717, 1.165) is 22.7 Å². The van der Waals surface area contributed by atoms with Crippen molar-refractivity contribution in [1.82, 2.24) is 41.1 Å². The summed E-state index contributed by atoms with van der Waals surface area (Å²) in [6.07, 6.45) is 0. The number of para-hydroxylation sites is 13. The summed E-state index contributed by atoms with van der Waals surface area (Å²) in [5.74, 6) is 0. The van der Waals surface area contributed by atoms with E-state index < -0.39 is 0 Å². The zero-order valence-corrected chi connectivity index (χ0v) is 78.8. The van der Waals surface area contributed by atoms with Gasteiger partial charge in [0.25, 0.3) is 0 Å². The Morgan fingerprint density at radius 3 is 0.517 bits per heavy atom. The lowest BCUT2D eigenvalue weighted by atomic mass is 10.1. The average Bonchev–Trinajstić information content (AvgIpc) is 1.56. The molecule has 0 saturated heterocycles. The second kappa shape index (κ2) is 32.6. The molecule has 9 heterocycles. The lowest BCUT2D eigenvalue weighted by Crippen LogP contribution is -1.96. The molecule has 0 unspecified atom stereocenters. The van der Waals surface area contributed by atoms with Crippen molar-refractivity contribution < 1.29 is 0 Å². The number of benzene rings is 23. The number of hydrogen-bond donors (Lipinski definition) is 0. The summed E-state index contributed by atoms with van der Waals surface area (Å²) in [5.41, 5.74) is 34.7. The maximum atomic E-state index is 2.46. The van der Waals surface area contributed by atoms with Crippen LogP contribution in [0, 0.1) is 0 Å². The molecule has 32 rings (SSSR count). The summed E-state index contributed by atoms with van der Waals surface area (Å²) >= 11 is 0. The molecule has 0 bridgehead atoms. The topological polar surface area (TPSA) is 44.4 Å². The smallest absolute Gasteiger partial charge is 0.0548 e. The highest BCUT2D eigenvalue weighted by Crippen LogP contribution is 2.48. The van der Waals surface area contributed by atoms with Gasteiger partial charge in [0.05, 0.1) is 99.3 Å². The zero-order chi connectivity index (χ0) is 95.0. The summed E-state index contributed by atoms with van der Waals surface area (Å²) in [6.45, 7) is 0. The molecule has 32 aromatic rings. The molecule has 0 aliphatic rings. The minimum Gasteiger partial charge on any atom is -0.309 e. The second-order valence-corrected chi connectivity index (χ2v) is 38.2. The first-order valence-electron chi connectivity index (χ1n) is 49.9. The van der Waals surface area contributed by atoms with Gasteiger partial charge in [0, 0.05) is 148 Å². The SMILES string of the molecule is c1ccc(-c2ccc(-n3c4ccccc4c4cc(-n5c6ccccc6c6cc7c(cc65)c5ccccc5n7-c5ccccc5)ccc43)cc2)cc1.c1ccc(-n2c3ccccc3c3cc(-n4c5ccccc5c5cc6c(cc54)c4ccccc4n6-c4ccccc4)ccc32)cc1.c1ccc(-n2c3ccccc3c3cc4c(cc32)c2ccccc2n4-c2ccc3c(c2)c2ccccc2n3-c2ccc3ccccc3c2)cc1. The summed E-state index contributed by atoms with van der Waals surface area (Å²) in [6, 6.07) is 192. The third-order valence-corrected chi connectivity index (χ3v) is 30.4. The van der Waals surface area contributed by atoms with Crippen molar-refractivity contribution in [2.45, 2.75) is 0 Å². The Kier molecular flexibility index (Phi) is 18.3. The molecule has 0 aliphatic heterocycles. The molecule has 0 radical (unpaired) electrons. The number of fused-ring (bicyclic) bond motifs is 28. The van der Waals surface area contributed by atoms with Crippen molar-refractivity contribution in [3.8, 4) is 62.3 Å². The molecule has 9 aromatic heterocycles. The molecule has 0 fully saturated rings. The van der Waals surface area contributed by atoms with Gasteiger partial charge in [0.1, 0.15) is 0 Å². The molecule has 23 aromatic carbocycles. The van der Waals surface area contributed by atoms with Crippen LogP contribution in [0.15, 0.2) is 528 Å². The summed E-state index contributed by atoms with van der Waals surface area (Å²) < 4.78 is 21.8. The standard InChI is InChI=1S/C48H31N3.C46H29N3.C42H27N3/c1-3-13-32(14-4-1)33-23-25-35(26-24-33)49-43-20-10-7-17-37(43)40-29-36(27-28-46(40)49)51-45-22-12-9-19-39(45)42-30-47-41(31-48(42)51)38-18-8-11-21-44(38)50(47)34-15-5-2-6-16-34;1-2-14-32(15-3-1)47-41-19-9-7-17-36(41)39-29-46-40(28-45(39)47)37-18-8-11-21-43(37)49(46)34-24-25-44-38(27-34)35-16-6-10-20-42(35)48(44)33-23-22-30-12-4-5-13-31(30)26-33;1-3-13-28(14-4-1)43-37-20-10-7-17-31(37)34-25-30(23-24-40(34)43)45-39-22-12-9-19-33(39)36-26-41-35(27-42(36)45)32-18-8-11-21-38(32)44(41)29-15-5-2-6-16-29/h1-31H;1-29H;1-27H. The highest BCUT2D eigenvalue weighted by Gasteiger charge is 2.27. The Morgan fingerprint density at radius 2 is 0.248 bits per heavy atom. The highest BCUT2D eigenvalue weighted by molar-refractivity contribution is 6.24. The van der Waals surface area contributed by atoms with Crippen LogP contribution in [0.2, 0.25) is 0 Å². The van der Waals surface area contributed by atoms with Gasteiger partial charge in [-0.05, 0) is 240 Å². The van der Waals surface area contributed by atoms with Gasteiger partial charge in [0.15, 0.2) is 0 Å². The van der Waals surface area contributed by atoms with E-state index in [0.29, 0.717) is 0 Å². The molecule has 0 saturated carbocycles. The number of aromatic nitrogens is 9. The Morgan fingerprint density at radius 1 is 0.0828 bits per heavy atom. The minimum absolute atomic E-state index is 1.15. The fraction of sp³-hybridized carbons (Fsp3) is 0. The fourth-order valence-corrected chi connectivity index (χ4v) is 24.2. The van der Waals surface area contributed by atoms with E-state index in [1.807, 2.05) is 0 Å². The van der Waals surface area contributed by atoms with Gasteiger partial charge in [-0.25, -0.2) is 0 Å². The summed E-state index contributed by atoms with van der Waals surface area (Å²) in [7, 11) is 0. The predicted molar refractivity (Wildman–Crippen MR) is 611 cm³/mol. The Labute approximate surface area is 832 Å². The third-order valence-electron chi connectivity index (χ3n) is 30.4. The maximum absolute atomic E-state index is 2.46. The largest absolute Gasteiger partial charge is 0.309 e. The first-order valence-corrected chi connectivity index (χ1v) is 49.9. The van der Waals surface area contributed by atoms with Crippen LogP contribution in [0.4, 0.5) is 0 Å². The van der Waals surface area contributed by atoms with E-state index in [4.69, 9.17) is 0 Å². The van der Waals surface area contributed by atoms with E-state index in [-0.39, 0.29) is 0 Å². The quantitative estimate of drug-likeness (QED) is 0.131. The normalized spacial score (nSPS) is 12.0.